The first-order valence-electron chi connectivity index (χ1n) is 7.99. The summed E-state index contributed by atoms with van der Waals surface area (Å²) in [6, 6.07) is 13.6. The highest BCUT2D eigenvalue weighted by atomic mass is 32.2. The predicted molar refractivity (Wildman–Crippen MR) is 100 cm³/mol. The molecule has 5 nitrogen and oxygen atoms in total. The number of carbonyl (C=O) groups is 1. The smallest absolute Gasteiger partial charge is 0.258 e. The molecular weight excluding hydrogens is 336 g/mol. The van der Waals surface area contributed by atoms with Crippen molar-refractivity contribution < 1.29 is 13.2 Å². The van der Waals surface area contributed by atoms with Crippen molar-refractivity contribution in [1.29, 1.82) is 0 Å². The Morgan fingerprint density at radius 1 is 1.16 bits per heavy atom. The SMILES string of the molecule is C=CCNS(=O)(=O)c1ccc(C(=O)N(CC)c2ccccc2C)cc1. The zero-order valence-corrected chi connectivity index (χ0v) is 15.2. The third-order valence-corrected chi connectivity index (χ3v) is 5.24. The summed E-state index contributed by atoms with van der Waals surface area (Å²) in [6.45, 7) is 8.01. The average Bonchev–Trinajstić information content (AvgIpc) is 2.62. The molecule has 0 saturated carbocycles. The monoisotopic (exact) mass is 358 g/mol. The zero-order chi connectivity index (χ0) is 18.4. The van der Waals surface area contributed by atoms with Crippen LogP contribution in [0.15, 0.2) is 66.1 Å². The molecule has 0 unspecified atom stereocenters. The van der Waals surface area contributed by atoms with Crippen LogP contribution < -0.4 is 9.62 Å². The van der Waals surface area contributed by atoms with Crippen LogP contribution in [-0.2, 0) is 10.0 Å². The number of nitrogens with one attached hydrogen (secondary N) is 1. The molecule has 0 radical (unpaired) electrons. The van der Waals surface area contributed by atoms with Crippen LogP contribution in [0.5, 0.6) is 0 Å². The number of benzene rings is 2. The number of carbonyl (C=O) groups excluding carboxylic acids is 1. The number of rotatable bonds is 7. The van der Waals surface area contributed by atoms with E-state index in [0.717, 1.165) is 11.3 Å². The lowest BCUT2D eigenvalue weighted by atomic mass is 10.1. The minimum atomic E-state index is -3.60. The Hall–Kier alpha value is -2.44. The van der Waals surface area contributed by atoms with Gasteiger partial charge < -0.3 is 4.90 Å². The molecule has 2 aromatic carbocycles. The molecule has 0 aliphatic rings. The topological polar surface area (TPSA) is 66.5 Å². The number of anilines is 1. The van der Waals surface area contributed by atoms with Crippen molar-refractivity contribution in [2.24, 2.45) is 0 Å². The van der Waals surface area contributed by atoms with Gasteiger partial charge in [-0.15, -0.1) is 6.58 Å². The summed E-state index contributed by atoms with van der Waals surface area (Å²) in [4.78, 5) is 14.6. The van der Waals surface area contributed by atoms with Crippen LogP contribution in [0.3, 0.4) is 0 Å². The maximum Gasteiger partial charge on any atom is 0.258 e. The minimum absolute atomic E-state index is 0.116. The Morgan fingerprint density at radius 3 is 2.36 bits per heavy atom. The summed E-state index contributed by atoms with van der Waals surface area (Å²) < 4.78 is 26.5. The molecule has 0 spiro atoms. The van der Waals surface area contributed by atoms with Crippen LogP contribution in [0.4, 0.5) is 5.69 Å². The van der Waals surface area contributed by atoms with Gasteiger partial charge in [-0.1, -0.05) is 24.3 Å². The van der Waals surface area contributed by atoms with Crippen molar-refractivity contribution in [3.8, 4) is 0 Å². The van der Waals surface area contributed by atoms with Crippen molar-refractivity contribution in [2.45, 2.75) is 18.7 Å². The Labute approximate surface area is 149 Å². The first-order chi connectivity index (χ1) is 11.9. The number of hydrogen-bond donors (Lipinski definition) is 1. The van der Waals surface area contributed by atoms with Crippen molar-refractivity contribution >= 4 is 21.6 Å². The number of aryl methyl sites for hydroxylation is 1. The second kappa shape index (κ2) is 8.09. The highest BCUT2D eigenvalue weighted by Gasteiger charge is 2.19. The minimum Gasteiger partial charge on any atom is -0.308 e. The molecule has 132 valence electrons. The second-order valence-electron chi connectivity index (χ2n) is 5.50. The Kier molecular flexibility index (Phi) is 6.12. The van der Waals surface area contributed by atoms with E-state index in [1.807, 2.05) is 38.1 Å². The fourth-order valence-electron chi connectivity index (χ4n) is 2.47. The third kappa shape index (κ3) is 4.35. The first kappa shape index (κ1) is 18.9. The van der Waals surface area contributed by atoms with Gasteiger partial charge in [0, 0.05) is 24.3 Å². The lowest BCUT2D eigenvalue weighted by molar-refractivity contribution is 0.0988. The van der Waals surface area contributed by atoms with E-state index in [1.54, 1.807) is 4.90 Å². The quantitative estimate of drug-likeness (QED) is 0.773. The molecule has 1 N–H and O–H groups in total. The summed E-state index contributed by atoms with van der Waals surface area (Å²) in [5, 5.41) is 0. The molecule has 6 heteroatoms. The molecule has 0 aliphatic carbocycles. The molecule has 2 aromatic rings. The highest BCUT2D eigenvalue weighted by Crippen LogP contribution is 2.22. The Bertz CT molecular complexity index is 858. The summed E-state index contributed by atoms with van der Waals surface area (Å²) in [6.07, 6.45) is 1.47. The van der Waals surface area contributed by atoms with Gasteiger partial charge in [-0.3, -0.25) is 4.79 Å². The van der Waals surface area contributed by atoms with Crippen molar-refractivity contribution in [2.75, 3.05) is 18.0 Å². The molecule has 0 atom stereocenters. The molecule has 1 amide bonds. The van der Waals surface area contributed by atoms with Gasteiger partial charge in [-0.2, -0.15) is 0 Å². The van der Waals surface area contributed by atoms with Crippen molar-refractivity contribution in [1.82, 2.24) is 4.72 Å². The van der Waals surface area contributed by atoms with Gasteiger partial charge >= 0.3 is 0 Å². The van der Waals surface area contributed by atoms with E-state index in [0.29, 0.717) is 12.1 Å². The Morgan fingerprint density at radius 2 is 1.80 bits per heavy atom. The van der Waals surface area contributed by atoms with Crippen LogP contribution in [-0.4, -0.2) is 27.4 Å². The maximum atomic E-state index is 12.8. The van der Waals surface area contributed by atoms with Gasteiger partial charge in [0.2, 0.25) is 10.0 Å². The van der Waals surface area contributed by atoms with E-state index < -0.39 is 10.0 Å². The largest absolute Gasteiger partial charge is 0.308 e. The first-order valence-corrected chi connectivity index (χ1v) is 9.47. The molecule has 0 aliphatic heterocycles. The fraction of sp³-hybridized carbons (Fsp3) is 0.211. The number of amides is 1. The molecule has 0 aromatic heterocycles. The van der Waals surface area contributed by atoms with Gasteiger partial charge in [-0.05, 0) is 49.7 Å². The van der Waals surface area contributed by atoms with Gasteiger partial charge in [0.1, 0.15) is 0 Å². The van der Waals surface area contributed by atoms with E-state index >= 15 is 0 Å². The molecular formula is C19H22N2O3S. The van der Waals surface area contributed by atoms with Gasteiger partial charge in [0.25, 0.3) is 5.91 Å². The summed E-state index contributed by atoms with van der Waals surface area (Å²) in [7, 11) is -3.60. The summed E-state index contributed by atoms with van der Waals surface area (Å²) >= 11 is 0. The number of sulfonamides is 1. The molecule has 0 heterocycles. The van der Waals surface area contributed by atoms with Crippen molar-refractivity contribution in [3.05, 3.63) is 72.3 Å². The molecule has 0 fully saturated rings. The second-order valence-corrected chi connectivity index (χ2v) is 7.27. The fourth-order valence-corrected chi connectivity index (χ4v) is 3.47. The molecule has 25 heavy (non-hydrogen) atoms. The molecule has 0 bridgehead atoms. The normalized spacial score (nSPS) is 11.1. The van der Waals surface area contributed by atoms with E-state index in [-0.39, 0.29) is 17.3 Å². The average molecular weight is 358 g/mol. The van der Waals surface area contributed by atoms with E-state index in [9.17, 15) is 13.2 Å². The Balaban J connectivity index is 2.28. The standard InChI is InChI=1S/C19H22N2O3S/c1-4-14-20-25(23,24)17-12-10-16(11-13-17)19(22)21(5-2)18-9-7-6-8-15(18)3/h4,6-13,20H,1,5,14H2,2-3H3. The van der Waals surface area contributed by atoms with E-state index in [1.165, 1.54) is 30.3 Å². The lowest BCUT2D eigenvalue weighted by Gasteiger charge is -2.23. The van der Waals surface area contributed by atoms with E-state index in [2.05, 4.69) is 11.3 Å². The van der Waals surface area contributed by atoms with Crippen LogP contribution in [0.25, 0.3) is 0 Å². The highest BCUT2D eigenvalue weighted by molar-refractivity contribution is 7.89. The van der Waals surface area contributed by atoms with Gasteiger partial charge in [0.05, 0.1) is 4.90 Å². The van der Waals surface area contributed by atoms with Crippen LogP contribution in [0, 0.1) is 6.92 Å². The molecule has 0 saturated heterocycles. The van der Waals surface area contributed by atoms with Crippen LogP contribution in [0.2, 0.25) is 0 Å². The molecule has 2 rings (SSSR count). The summed E-state index contributed by atoms with van der Waals surface area (Å²) in [5.41, 5.74) is 2.29. The maximum absolute atomic E-state index is 12.8. The van der Waals surface area contributed by atoms with Crippen LogP contribution >= 0.6 is 0 Å². The van der Waals surface area contributed by atoms with Crippen LogP contribution in [0.1, 0.15) is 22.8 Å². The lowest BCUT2D eigenvalue weighted by Crippen LogP contribution is -2.31. The number of para-hydroxylation sites is 1. The predicted octanol–water partition coefficient (Wildman–Crippen LogP) is 3.13. The van der Waals surface area contributed by atoms with Crippen molar-refractivity contribution in [3.63, 3.8) is 0 Å². The van der Waals surface area contributed by atoms with Gasteiger partial charge in [0.15, 0.2) is 0 Å². The summed E-state index contributed by atoms with van der Waals surface area (Å²) in [5.74, 6) is -0.167. The number of hydrogen-bond acceptors (Lipinski definition) is 3. The zero-order valence-electron chi connectivity index (χ0n) is 14.4. The third-order valence-electron chi connectivity index (χ3n) is 3.80. The van der Waals surface area contributed by atoms with E-state index in [4.69, 9.17) is 0 Å². The number of nitrogens with zero attached hydrogens (tertiary/aromatic N) is 1. The van der Waals surface area contributed by atoms with Gasteiger partial charge in [-0.25, -0.2) is 13.1 Å².